The highest BCUT2D eigenvalue weighted by Crippen LogP contribution is 2.31. The molecule has 0 spiro atoms. The second-order valence-electron chi connectivity index (χ2n) is 4.30. The number of fused-ring (bicyclic) bond motifs is 1. The summed E-state index contributed by atoms with van der Waals surface area (Å²) in [6, 6.07) is 1.62. The third-order valence-electron chi connectivity index (χ3n) is 3.13. The molecule has 0 saturated carbocycles. The summed E-state index contributed by atoms with van der Waals surface area (Å²) in [6.07, 6.45) is 6.83. The van der Waals surface area contributed by atoms with Gasteiger partial charge in [-0.2, -0.15) is 5.10 Å². The SMILES string of the molecule is O=S(=O)(NC1CCCc2occc21)c1cn[nH]c1. The van der Waals surface area contributed by atoms with Crippen LogP contribution in [0.25, 0.3) is 0 Å². The zero-order chi connectivity index (χ0) is 12.6. The number of sulfonamides is 1. The Balaban J connectivity index is 1.87. The van der Waals surface area contributed by atoms with Gasteiger partial charge in [0.25, 0.3) is 0 Å². The molecule has 3 rings (SSSR count). The van der Waals surface area contributed by atoms with Crippen molar-refractivity contribution in [1.82, 2.24) is 14.9 Å². The van der Waals surface area contributed by atoms with Crippen molar-refractivity contribution in [2.24, 2.45) is 0 Å². The lowest BCUT2D eigenvalue weighted by atomic mass is 9.94. The van der Waals surface area contributed by atoms with Crippen molar-refractivity contribution in [2.75, 3.05) is 0 Å². The fourth-order valence-corrected chi connectivity index (χ4v) is 3.40. The summed E-state index contributed by atoms with van der Waals surface area (Å²) >= 11 is 0. The van der Waals surface area contributed by atoms with E-state index in [0.29, 0.717) is 0 Å². The Hall–Kier alpha value is -1.60. The molecule has 1 unspecified atom stereocenters. The number of furan rings is 1. The molecule has 0 aliphatic heterocycles. The highest BCUT2D eigenvalue weighted by molar-refractivity contribution is 7.89. The molecule has 2 aromatic rings. The van der Waals surface area contributed by atoms with Crippen molar-refractivity contribution in [3.05, 3.63) is 36.0 Å². The van der Waals surface area contributed by atoms with E-state index in [-0.39, 0.29) is 10.9 Å². The van der Waals surface area contributed by atoms with Crippen LogP contribution in [0.2, 0.25) is 0 Å². The largest absolute Gasteiger partial charge is 0.469 e. The van der Waals surface area contributed by atoms with Gasteiger partial charge in [0, 0.05) is 18.2 Å². The maximum atomic E-state index is 12.1. The van der Waals surface area contributed by atoms with Crippen LogP contribution >= 0.6 is 0 Å². The van der Waals surface area contributed by atoms with Gasteiger partial charge in [-0.05, 0) is 18.9 Å². The van der Waals surface area contributed by atoms with Crippen LogP contribution in [-0.2, 0) is 16.4 Å². The van der Waals surface area contributed by atoms with Crippen molar-refractivity contribution in [1.29, 1.82) is 0 Å². The highest BCUT2D eigenvalue weighted by Gasteiger charge is 2.27. The number of nitrogens with one attached hydrogen (secondary N) is 2. The molecule has 18 heavy (non-hydrogen) atoms. The smallest absolute Gasteiger partial charge is 0.244 e. The summed E-state index contributed by atoms with van der Waals surface area (Å²) in [5.41, 5.74) is 0.938. The van der Waals surface area contributed by atoms with Crippen LogP contribution in [0.4, 0.5) is 0 Å². The molecule has 1 atom stereocenters. The van der Waals surface area contributed by atoms with E-state index < -0.39 is 10.0 Å². The van der Waals surface area contributed by atoms with Crippen LogP contribution in [-0.4, -0.2) is 18.6 Å². The molecule has 2 aromatic heterocycles. The average Bonchev–Trinajstić information content (AvgIpc) is 3.00. The summed E-state index contributed by atoms with van der Waals surface area (Å²) in [4.78, 5) is 0.151. The molecule has 0 saturated heterocycles. The Morgan fingerprint density at radius 1 is 1.50 bits per heavy atom. The van der Waals surface area contributed by atoms with E-state index in [0.717, 1.165) is 30.6 Å². The van der Waals surface area contributed by atoms with Crippen molar-refractivity contribution in [2.45, 2.75) is 30.2 Å². The minimum absolute atomic E-state index is 0.151. The zero-order valence-electron chi connectivity index (χ0n) is 9.59. The molecule has 1 aliphatic carbocycles. The van der Waals surface area contributed by atoms with Gasteiger partial charge in [-0.15, -0.1) is 0 Å². The molecular weight excluding hydrogens is 254 g/mol. The summed E-state index contributed by atoms with van der Waals surface area (Å²) in [7, 11) is -3.52. The van der Waals surface area contributed by atoms with Gasteiger partial charge in [-0.3, -0.25) is 5.10 Å². The predicted octanol–water partition coefficient (Wildman–Crippen LogP) is 1.36. The molecule has 1 aliphatic rings. The summed E-state index contributed by atoms with van der Waals surface area (Å²) in [6.45, 7) is 0. The normalized spacial score (nSPS) is 19.7. The number of rotatable bonds is 3. The molecule has 0 bridgehead atoms. The Morgan fingerprint density at radius 3 is 3.17 bits per heavy atom. The maximum absolute atomic E-state index is 12.1. The fraction of sp³-hybridized carbons (Fsp3) is 0.364. The first kappa shape index (κ1) is 11.5. The quantitative estimate of drug-likeness (QED) is 0.878. The van der Waals surface area contributed by atoms with E-state index >= 15 is 0 Å². The third-order valence-corrected chi connectivity index (χ3v) is 4.57. The van der Waals surface area contributed by atoms with E-state index in [4.69, 9.17) is 4.42 Å². The Morgan fingerprint density at radius 2 is 2.39 bits per heavy atom. The lowest BCUT2D eigenvalue weighted by molar-refractivity contribution is 0.438. The Labute approximate surface area is 104 Å². The maximum Gasteiger partial charge on any atom is 0.244 e. The van der Waals surface area contributed by atoms with Crippen molar-refractivity contribution < 1.29 is 12.8 Å². The standard InChI is InChI=1S/C11H13N3O3S/c15-18(16,8-6-12-13-7-8)14-10-2-1-3-11-9(10)4-5-17-11/h4-7,10,14H,1-3H2,(H,12,13). The lowest BCUT2D eigenvalue weighted by Crippen LogP contribution is -2.30. The van der Waals surface area contributed by atoms with Crippen LogP contribution in [0.1, 0.15) is 30.2 Å². The van der Waals surface area contributed by atoms with Crippen LogP contribution in [0.3, 0.4) is 0 Å². The zero-order valence-corrected chi connectivity index (χ0v) is 10.4. The molecule has 2 heterocycles. The summed E-state index contributed by atoms with van der Waals surface area (Å²) in [5.74, 6) is 0.876. The summed E-state index contributed by atoms with van der Waals surface area (Å²) in [5, 5.41) is 6.15. The summed E-state index contributed by atoms with van der Waals surface area (Å²) < 4.78 is 32.2. The van der Waals surface area contributed by atoms with Gasteiger partial charge in [-0.1, -0.05) is 0 Å². The number of nitrogens with zero attached hydrogens (tertiary/aromatic N) is 1. The first-order valence-corrected chi connectivity index (χ1v) is 7.22. The first-order chi connectivity index (χ1) is 8.67. The molecule has 2 N–H and O–H groups in total. The predicted molar refractivity (Wildman–Crippen MR) is 63.3 cm³/mol. The van der Waals surface area contributed by atoms with Crippen LogP contribution < -0.4 is 4.72 Å². The van der Waals surface area contributed by atoms with E-state index in [9.17, 15) is 8.42 Å². The molecule has 0 radical (unpaired) electrons. The molecule has 6 nitrogen and oxygen atoms in total. The molecule has 0 amide bonds. The molecule has 96 valence electrons. The molecule has 0 fully saturated rings. The van der Waals surface area contributed by atoms with Gasteiger partial charge in [0.05, 0.1) is 18.5 Å². The number of hydrogen-bond acceptors (Lipinski definition) is 4. The number of hydrogen-bond donors (Lipinski definition) is 2. The number of aromatic amines is 1. The minimum atomic E-state index is -3.52. The molecule has 7 heteroatoms. The van der Waals surface area contributed by atoms with Gasteiger partial charge in [0.2, 0.25) is 10.0 Å². The average molecular weight is 267 g/mol. The first-order valence-electron chi connectivity index (χ1n) is 5.74. The number of H-pyrrole nitrogens is 1. The second kappa shape index (κ2) is 4.25. The van der Waals surface area contributed by atoms with E-state index in [2.05, 4.69) is 14.9 Å². The van der Waals surface area contributed by atoms with Crippen molar-refractivity contribution in [3.8, 4) is 0 Å². The Kier molecular flexibility index (Phi) is 2.71. The van der Waals surface area contributed by atoms with Crippen LogP contribution in [0, 0.1) is 0 Å². The van der Waals surface area contributed by atoms with E-state index in [1.165, 1.54) is 12.4 Å². The number of aryl methyl sites for hydroxylation is 1. The van der Waals surface area contributed by atoms with Crippen molar-refractivity contribution in [3.63, 3.8) is 0 Å². The van der Waals surface area contributed by atoms with Crippen LogP contribution in [0.5, 0.6) is 0 Å². The molecular formula is C11H13N3O3S. The van der Waals surface area contributed by atoms with E-state index in [1.54, 1.807) is 6.26 Å². The van der Waals surface area contributed by atoms with Gasteiger partial charge in [0.15, 0.2) is 0 Å². The van der Waals surface area contributed by atoms with Gasteiger partial charge >= 0.3 is 0 Å². The molecule has 0 aromatic carbocycles. The fourth-order valence-electron chi connectivity index (χ4n) is 2.25. The van der Waals surface area contributed by atoms with Crippen LogP contribution in [0.15, 0.2) is 34.0 Å². The monoisotopic (exact) mass is 267 g/mol. The third kappa shape index (κ3) is 1.95. The van der Waals surface area contributed by atoms with E-state index in [1.807, 2.05) is 6.07 Å². The lowest BCUT2D eigenvalue weighted by Gasteiger charge is -2.22. The highest BCUT2D eigenvalue weighted by atomic mass is 32.2. The topological polar surface area (TPSA) is 88.0 Å². The Bertz CT molecular complexity index is 630. The van der Waals surface area contributed by atoms with Gasteiger partial charge in [-0.25, -0.2) is 13.1 Å². The number of aromatic nitrogens is 2. The van der Waals surface area contributed by atoms with Gasteiger partial charge < -0.3 is 4.42 Å². The van der Waals surface area contributed by atoms with Crippen molar-refractivity contribution >= 4 is 10.0 Å². The minimum Gasteiger partial charge on any atom is -0.469 e. The second-order valence-corrected chi connectivity index (χ2v) is 6.01. The van der Waals surface area contributed by atoms with Gasteiger partial charge in [0.1, 0.15) is 10.7 Å².